The number of nitrogens with zero attached hydrogens (tertiary/aromatic N) is 2. The maximum absolute atomic E-state index is 14.2. The Morgan fingerprint density at radius 3 is 2.35 bits per heavy atom. The van der Waals surface area contributed by atoms with Gasteiger partial charge in [0.25, 0.3) is 5.91 Å². The Kier molecular flexibility index (Phi) is 5.22. The molecule has 3 N–H and O–H groups in total. The third-order valence-electron chi connectivity index (χ3n) is 9.13. The van der Waals surface area contributed by atoms with Gasteiger partial charge in [0.2, 0.25) is 11.8 Å². The predicted molar refractivity (Wildman–Crippen MR) is 134 cm³/mol. The summed E-state index contributed by atoms with van der Waals surface area (Å²) in [4.78, 5) is 41.5. The van der Waals surface area contributed by atoms with E-state index in [1.54, 1.807) is 24.3 Å². The van der Waals surface area contributed by atoms with Crippen LogP contribution in [0.25, 0.3) is 11.1 Å². The van der Waals surface area contributed by atoms with Crippen LogP contribution in [-0.4, -0.2) is 52.9 Å². The van der Waals surface area contributed by atoms with Crippen LogP contribution in [0.5, 0.6) is 0 Å². The van der Waals surface area contributed by atoms with Gasteiger partial charge in [-0.25, -0.2) is 0 Å². The van der Waals surface area contributed by atoms with E-state index >= 15 is 0 Å². The maximum atomic E-state index is 14.2. The maximum Gasteiger partial charge on any atom is 0.264 e. The lowest BCUT2D eigenvalue weighted by Crippen LogP contribution is -2.56. The summed E-state index contributed by atoms with van der Waals surface area (Å²) in [7, 11) is 0. The molecule has 2 heterocycles. The molecule has 2 aliphatic carbocycles. The normalized spacial score (nSPS) is 28.4. The van der Waals surface area contributed by atoms with E-state index in [9.17, 15) is 24.8 Å². The van der Waals surface area contributed by atoms with Gasteiger partial charge in [-0.2, -0.15) is 5.26 Å². The van der Waals surface area contributed by atoms with Gasteiger partial charge in [-0.1, -0.05) is 62.4 Å². The average Bonchev–Trinajstić information content (AvgIpc) is 3.32. The Bertz CT molecular complexity index is 1320. The summed E-state index contributed by atoms with van der Waals surface area (Å²) < 4.78 is 0. The molecule has 8 nitrogen and oxygen atoms in total. The lowest BCUT2D eigenvalue weighted by atomic mass is 9.88. The number of piperidine rings is 1. The largest absolute Gasteiger partial charge is 0.372 e. The Morgan fingerprint density at radius 2 is 1.78 bits per heavy atom. The highest BCUT2D eigenvalue weighted by Gasteiger charge is 2.70. The van der Waals surface area contributed by atoms with Gasteiger partial charge < -0.3 is 20.6 Å². The number of rotatable bonds is 5. The number of nitriles is 1. The molecule has 6 rings (SSSR count). The van der Waals surface area contributed by atoms with Crippen molar-refractivity contribution < 1.29 is 19.5 Å². The first-order valence-electron chi connectivity index (χ1n) is 12.9. The van der Waals surface area contributed by atoms with Gasteiger partial charge in [0, 0.05) is 30.1 Å². The molecule has 190 valence electrons. The van der Waals surface area contributed by atoms with Crippen molar-refractivity contribution in [3.8, 4) is 17.2 Å². The van der Waals surface area contributed by atoms with Crippen LogP contribution in [-0.2, 0) is 20.0 Å². The van der Waals surface area contributed by atoms with Crippen molar-refractivity contribution in [1.82, 2.24) is 15.5 Å². The fourth-order valence-electron chi connectivity index (χ4n) is 7.00. The predicted octanol–water partition coefficient (Wildman–Crippen LogP) is 1.92. The second-order valence-electron chi connectivity index (χ2n) is 11.4. The number of fused-ring (bicyclic) bond motifs is 4. The Hall–Kier alpha value is -3.70. The number of aliphatic hydroxyl groups is 1. The van der Waals surface area contributed by atoms with Crippen LogP contribution in [0.4, 0.5) is 0 Å². The van der Waals surface area contributed by atoms with Crippen molar-refractivity contribution in [3.63, 3.8) is 0 Å². The summed E-state index contributed by atoms with van der Waals surface area (Å²) in [6.45, 7) is 5.11. The molecule has 0 spiro atoms. The van der Waals surface area contributed by atoms with E-state index in [1.165, 1.54) is 4.90 Å². The third kappa shape index (κ3) is 3.33. The summed E-state index contributed by atoms with van der Waals surface area (Å²) in [6, 6.07) is 15.2. The molecule has 0 unspecified atom stereocenters. The molecule has 1 saturated carbocycles. The zero-order valence-electron chi connectivity index (χ0n) is 20.9. The van der Waals surface area contributed by atoms with E-state index in [-0.39, 0.29) is 35.5 Å². The van der Waals surface area contributed by atoms with Crippen molar-refractivity contribution in [2.45, 2.75) is 44.4 Å². The lowest BCUT2D eigenvalue weighted by molar-refractivity contribution is -0.153. The second-order valence-corrected chi connectivity index (χ2v) is 11.4. The molecule has 2 aliphatic heterocycles. The summed E-state index contributed by atoms with van der Waals surface area (Å²) in [5.41, 5.74) is 0.617. The molecule has 37 heavy (non-hydrogen) atoms. The smallest absolute Gasteiger partial charge is 0.264 e. The van der Waals surface area contributed by atoms with Gasteiger partial charge in [0.15, 0.2) is 5.60 Å². The van der Waals surface area contributed by atoms with E-state index in [4.69, 9.17) is 0 Å². The van der Waals surface area contributed by atoms with Crippen LogP contribution in [0.2, 0.25) is 0 Å². The Morgan fingerprint density at radius 1 is 1.16 bits per heavy atom. The SMILES string of the molecule is CC1(C)[C@@H]2[C@@H](C(=O)N[C@@H](C#N)C[C@@H]3CCNC3=O)N(C(=O)C3(O)c4ccccc4-c4ccccc43)C[C@@H]21. The van der Waals surface area contributed by atoms with E-state index in [2.05, 4.69) is 30.6 Å². The molecule has 0 aromatic heterocycles. The molecule has 3 fully saturated rings. The molecule has 4 aliphatic rings. The van der Waals surface area contributed by atoms with E-state index in [1.807, 2.05) is 24.3 Å². The molecular weight excluding hydrogens is 468 g/mol. The van der Waals surface area contributed by atoms with Crippen LogP contribution in [0, 0.1) is 34.5 Å². The van der Waals surface area contributed by atoms with Gasteiger partial charge in [0.1, 0.15) is 12.1 Å². The summed E-state index contributed by atoms with van der Waals surface area (Å²) in [5, 5.41) is 27.4. The highest BCUT2D eigenvalue weighted by molar-refractivity contribution is 6.01. The molecule has 2 aromatic carbocycles. The van der Waals surface area contributed by atoms with Gasteiger partial charge >= 0.3 is 0 Å². The van der Waals surface area contributed by atoms with Crippen LogP contribution < -0.4 is 10.6 Å². The summed E-state index contributed by atoms with van der Waals surface area (Å²) >= 11 is 0. The first-order valence-corrected chi connectivity index (χ1v) is 12.9. The highest BCUT2D eigenvalue weighted by atomic mass is 16.3. The van der Waals surface area contributed by atoms with Crippen LogP contribution >= 0.6 is 0 Å². The molecule has 8 heteroatoms. The van der Waals surface area contributed by atoms with Crippen molar-refractivity contribution in [2.24, 2.45) is 23.2 Å². The molecule has 5 atom stereocenters. The molecule has 2 aromatic rings. The van der Waals surface area contributed by atoms with E-state index < -0.39 is 29.5 Å². The second kappa shape index (κ2) is 8.15. The fraction of sp³-hybridized carbons (Fsp3) is 0.448. The molecule has 0 bridgehead atoms. The number of hydrogen-bond acceptors (Lipinski definition) is 5. The van der Waals surface area contributed by atoms with Crippen LogP contribution in [0.15, 0.2) is 48.5 Å². The minimum atomic E-state index is -1.90. The van der Waals surface area contributed by atoms with Crippen molar-refractivity contribution >= 4 is 17.7 Å². The monoisotopic (exact) mass is 498 g/mol. The fourth-order valence-corrected chi connectivity index (χ4v) is 7.00. The van der Waals surface area contributed by atoms with Gasteiger partial charge in [0.05, 0.1) is 6.07 Å². The van der Waals surface area contributed by atoms with Gasteiger partial charge in [-0.3, -0.25) is 14.4 Å². The van der Waals surface area contributed by atoms with Gasteiger partial charge in [-0.15, -0.1) is 0 Å². The van der Waals surface area contributed by atoms with E-state index in [0.29, 0.717) is 30.6 Å². The molecule has 2 saturated heterocycles. The minimum Gasteiger partial charge on any atom is -0.372 e. The van der Waals surface area contributed by atoms with Crippen LogP contribution in [0.1, 0.15) is 37.8 Å². The number of nitrogens with one attached hydrogen (secondary N) is 2. The van der Waals surface area contributed by atoms with Crippen molar-refractivity contribution in [3.05, 3.63) is 59.7 Å². The van der Waals surface area contributed by atoms with Crippen molar-refractivity contribution in [1.29, 1.82) is 5.26 Å². The zero-order chi connectivity index (χ0) is 26.1. The topological polar surface area (TPSA) is 123 Å². The standard InChI is InChI=1S/C29H30N4O4/c1-28(2)22-15-33(24(23(22)28)26(35)32-17(14-30)13-16-11-12-31-25(16)34)27(36)29(37)20-9-5-3-7-18(20)19-8-4-6-10-21(19)29/h3-10,16-17,22-24,37H,11-13,15H2,1-2H3,(H,31,34)(H,32,35)/t16-,17+,22-,23-,24-/m0/s1. The number of benzene rings is 2. The zero-order valence-corrected chi connectivity index (χ0v) is 20.9. The van der Waals surface area contributed by atoms with E-state index in [0.717, 1.165) is 11.1 Å². The quantitative estimate of drug-likeness (QED) is 0.581. The Labute approximate surface area is 215 Å². The number of likely N-dealkylation sites (tertiary alicyclic amines) is 1. The molecule has 3 amide bonds. The first kappa shape index (κ1) is 23.7. The van der Waals surface area contributed by atoms with Crippen molar-refractivity contribution in [2.75, 3.05) is 13.1 Å². The lowest BCUT2D eigenvalue weighted by Gasteiger charge is -2.36. The highest BCUT2D eigenvalue weighted by Crippen LogP contribution is 2.65. The van der Waals surface area contributed by atoms with Crippen LogP contribution in [0.3, 0.4) is 0 Å². The Balaban J connectivity index is 1.31. The number of amides is 3. The molecule has 0 radical (unpaired) electrons. The average molecular weight is 499 g/mol. The third-order valence-corrected chi connectivity index (χ3v) is 9.13. The minimum absolute atomic E-state index is 0.0685. The number of carbonyl (C=O) groups excluding carboxylic acids is 3. The summed E-state index contributed by atoms with van der Waals surface area (Å²) in [5.74, 6) is -1.28. The van der Waals surface area contributed by atoms with Gasteiger partial charge in [-0.05, 0) is 41.2 Å². The number of carbonyl (C=O) groups is 3. The number of hydrogen-bond donors (Lipinski definition) is 3. The summed E-state index contributed by atoms with van der Waals surface area (Å²) in [6.07, 6.45) is 0.863. The first-order chi connectivity index (χ1) is 17.7. The molecular formula is C29H30N4O4.